The Morgan fingerprint density at radius 2 is 2.05 bits per heavy atom. The number of hydrogen-bond donors (Lipinski definition) is 1. The molecule has 0 unspecified atom stereocenters. The quantitative estimate of drug-likeness (QED) is 0.887. The molecule has 3 rings (SSSR count). The first-order valence-electron chi connectivity index (χ1n) is 7.00. The molecule has 1 saturated heterocycles. The van der Waals surface area contributed by atoms with Gasteiger partial charge < -0.3 is 5.11 Å². The SMILES string of the molecule is O[C@H]1CCCN(Cc2nnnn2Cc2ccccc2)C1. The molecule has 0 bridgehead atoms. The van der Waals surface area contributed by atoms with Crippen LogP contribution in [0.15, 0.2) is 30.3 Å². The molecule has 6 heteroatoms. The molecule has 0 spiro atoms. The van der Waals surface area contributed by atoms with Crippen LogP contribution in [0.5, 0.6) is 0 Å². The van der Waals surface area contributed by atoms with E-state index in [4.69, 9.17) is 0 Å². The summed E-state index contributed by atoms with van der Waals surface area (Å²) in [7, 11) is 0. The van der Waals surface area contributed by atoms with Gasteiger partial charge in [0.1, 0.15) is 0 Å². The van der Waals surface area contributed by atoms with Gasteiger partial charge in [0.2, 0.25) is 0 Å². The van der Waals surface area contributed by atoms with Crippen LogP contribution in [-0.2, 0) is 13.1 Å². The number of rotatable bonds is 4. The Balaban J connectivity index is 1.67. The molecule has 0 amide bonds. The maximum absolute atomic E-state index is 9.71. The topological polar surface area (TPSA) is 67.1 Å². The van der Waals surface area contributed by atoms with Gasteiger partial charge in [-0.05, 0) is 35.4 Å². The monoisotopic (exact) mass is 273 g/mol. The Hall–Kier alpha value is -1.79. The van der Waals surface area contributed by atoms with Crippen LogP contribution in [-0.4, -0.2) is 49.4 Å². The van der Waals surface area contributed by atoms with Gasteiger partial charge in [-0.2, -0.15) is 0 Å². The Morgan fingerprint density at radius 1 is 1.20 bits per heavy atom. The number of piperidine rings is 1. The van der Waals surface area contributed by atoms with E-state index in [1.807, 2.05) is 22.9 Å². The second-order valence-corrected chi connectivity index (χ2v) is 5.27. The van der Waals surface area contributed by atoms with Crippen LogP contribution in [0.1, 0.15) is 24.2 Å². The number of hydrogen-bond acceptors (Lipinski definition) is 5. The fourth-order valence-electron chi connectivity index (χ4n) is 2.59. The van der Waals surface area contributed by atoms with E-state index in [9.17, 15) is 5.11 Å². The molecule has 2 aromatic rings. The maximum atomic E-state index is 9.71. The third-order valence-electron chi connectivity index (χ3n) is 3.63. The number of aromatic nitrogens is 4. The zero-order valence-corrected chi connectivity index (χ0v) is 11.4. The highest BCUT2D eigenvalue weighted by atomic mass is 16.3. The molecular weight excluding hydrogens is 254 g/mol. The van der Waals surface area contributed by atoms with Crippen molar-refractivity contribution in [2.24, 2.45) is 0 Å². The fraction of sp³-hybridized carbons (Fsp3) is 0.500. The predicted molar refractivity (Wildman–Crippen MR) is 73.9 cm³/mol. The number of aliphatic hydroxyl groups is 1. The van der Waals surface area contributed by atoms with Crippen molar-refractivity contribution in [1.29, 1.82) is 0 Å². The van der Waals surface area contributed by atoms with E-state index < -0.39 is 0 Å². The molecule has 0 saturated carbocycles. The Kier molecular flexibility index (Phi) is 4.03. The van der Waals surface area contributed by atoms with Crippen molar-refractivity contribution < 1.29 is 5.11 Å². The summed E-state index contributed by atoms with van der Waals surface area (Å²) in [5, 5.41) is 21.7. The van der Waals surface area contributed by atoms with Crippen molar-refractivity contribution in [2.45, 2.75) is 32.0 Å². The van der Waals surface area contributed by atoms with Crippen LogP contribution in [0.2, 0.25) is 0 Å². The van der Waals surface area contributed by atoms with Crippen molar-refractivity contribution in [3.63, 3.8) is 0 Å². The number of aliphatic hydroxyl groups excluding tert-OH is 1. The summed E-state index contributed by atoms with van der Waals surface area (Å²) in [4.78, 5) is 2.21. The highest BCUT2D eigenvalue weighted by Gasteiger charge is 2.19. The van der Waals surface area contributed by atoms with Crippen LogP contribution in [0.3, 0.4) is 0 Å². The second kappa shape index (κ2) is 6.11. The molecule has 1 aliphatic heterocycles. The summed E-state index contributed by atoms with van der Waals surface area (Å²) >= 11 is 0. The zero-order valence-electron chi connectivity index (χ0n) is 11.4. The molecule has 1 aromatic heterocycles. The van der Waals surface area contributed by atoms with Crippen molar-refractivity contribution in [1.82, 2.24) is 25.1 Å². The van der Waals surface area contributed by atoms with E-state index in [1.54, 1.807) is 0 Å². The highest BCUT2D eigenvalue weighted by Crippen LogP contribution is 2.12. The average Bonchev–Trinajstić information content (AvgIpc) is 2.87. The lowest BCUT2D eigenvalue weighted by atomic mass is 10.1. The number of tetrazole rings is 1. The highest BCUT2D eigenvalue weighted by molar-refractivity contribution is 5.14. The summed E-state index contributed by atoms with van der Waals surface area (Å²) < 4.78 is 1.83. The largest absolute Gasteiger partial charge is 0.392 e. The molecule has 2 heterocycles. The number of benzene rings is 1. The van der Waals surface area contributed by atoms with Crippen LogP contribution in [0.25, 0.3) is 0 Å². The van der Waals surface area contributed by atoms with Crippen LogP contribution in [0.4, 0.5) is 0 Å². The molecule has 6 nitrogen and oxygen atoms in total. The molecule has 1 N–H and O–H groups in total. The molecule has 0 aliphatic carbocycles. The normalized spacial score (nSPS) is 20.1. The van der Waals surface area contributed by atoms with E-state index in [0.29, 0.717) is 19.6 Å². The van der Waals surface area contributed by atoms with Crippen LogP contribution < -0.4 is 0 Å². The third kappa shape index (κ3) is 3.20. The van der Waals surface area contributed by atoms with Gasteiger partial charge in [-0.3, -0.25) is 4.90 Å². The zero-order chi connectivity index (χ0) is 13.8. The maximum Gasteiger partial charge on any atom is 0.165 e. The Bertz CT molecular complexity index is 542. The summed E-state index contributed by atoms with van der Waals surface area (Å²) in [5.41, 5.74) is 1.18. The molecule has 1 aromatic carbocycles. The molecule has 1 fully saturated rings. The first kappa shape index (κ1) is 13.2. The fourth-order valence-corrected chi connectivity index (χ4v) is 2.59. The van der Waals surface area contributed by atoms with Gasteiger partial charge in [0.25, 0.3) is 0 Å². The first-order chi connectivity index (χ1) is 9.81. The summed E-state index contributed by atoms with van der Waals surface area (Å²) in [5.74, 6) is 0.850. The smallest absolute Gasteiger partial charge is 0.165 e. The summed E-state index contributed by atoms with van der Waals surface area (Å²) in [6.07, 6.45) is 1.70. The van der Waals surface area contributed by atoms with Gasteiger partial charge >= 0.3 is 0 Å². The van der Waals surface area contributed by atoms with Gasteiger partial charge in [0, 0.05) is 6.54 Å². The van der Waals surface area contributed by atoms with Crippen LogP contribution in [0, 0.1) is 0 Å². The van der Waals surface area contributed by atoms with Crippen molar-refractivity contribution in [3.8, 4) is 0 Å². The average molecular weight is 273 g/mol. The van der Waals surface area contributed by atoms with Gasteiger partial charge in [0.15, 0.2) is 5.82 Å². The minimum Gasteiger partial charge on any atom is -0.392 e. The van der Waals surface area contributed by atoms with Gasteiger partial charge in [-0.15, -0.1) is 5.10 Å². The summed E-state index contributed by atoms with van der Waals surface area (Å²) in [6, 6.07) is 10.2. The van der Waals surface area contributed by atoms with Gasteiger partial charge in [-0.25, -0.2) is 4.68 Å². The summed E-state index contributed by atoms with van der Waals surface area (Å²) in [6.45, 7) is 3.07. The lowest BCUT2D eigenvalue weighted by Crippen LogP contribution is -2.38. The van der Waals surface area contributed by atoms with E-state index in [-0.39, 0.29) is 6.10 Å². The molecule has 106 valence electrons. The first-order valence-corrected chi connectivity index (χ1v) is 7.00. The number of β-amino-alcohol motifs (C(OH)–C–C–N with tert-alkyl or cyclic N) is 1. The molecular formula is C14H19N5O. The molecule has 1 aliphatic rings. The second-order valence-electron chi connectivity index (χ2n) is 5.27. The van der Waals surface area contributed by atoms with E-state index in [2.05, 4.69) is 32.6 Å². The van der Waals surface area contributed by atoms with Crippen LogP contribution >= 0.6 is 0 Å². The van der Waals surface area contributed by atoms with Crippen molar-refractivity contribution in [2.75, 3.05) is 13.1 Å². The van der Waals surface area contributed by atoms with Gasteiger partial charge in [-0.1, -0.05) is 30.3 Å². The lowest BCUT2D eigenvalue weighted by molar-refractivity contribution is 0.0648. The van der Waals surface area contributed by atoms with E-state index in [0.717, 1.165) is 25.2 Å². The van der Waals surface area contributed by atoms with Gasteiger partial charge in [0.05, 0.1) is 19.2 Å². The lowest BCUT2D eigenvalue weighted by Gasteiger charge is -2.29. The Morgan fingerprint density at radius 3 is 2.85 bits per heavy atom. The van der Waals surface area contributed by atoms with Crippen molar-refractivity contribution >= 4 is 0 Å². The minimum absolute atomic E-state index is 0.220. The molecule has 20 heavy (non-hydrogen) atoms. The Labute approximate surface area is 118 Å². The minimum atomic E-state index is -0.220. The molecule has 0 radical (unpaired) electrons. The van der Waals surface area contributed by atoms with E-state index in [1.165, 1.54) is 5.56 Å². The number of nitrogens with zero attached hydrogens (tertiary/aromatic N) is 5. The van der Waals surface area contributed by atoms with E-state index >= 15 is 0 Å². The number of likely N-dealkylation sites (tertiary alicyclic amines) is 1. The third-order valence-corrected chi connectivity index (χ3v) is 3.63. The molecule has 1 atom stereocenters. The van der Waals surface area contributed by atoms with Crippen molar-refractivity contribution in [3.05, 3.63) is 41.7 Å². The standard InChI is InChI=1S/C14H19N5O/c20-13-7-4-8-18(10-13)11-14-15-16-17-19(14)9-12-5-2-1-3-6-12/h1-3,5-6,13,20H,4,7-11H2/t13-/m0/s1. The predicted octanol–water partition coefficient (Wildman–Crippen LogP) is 0.678.